The van der Waals surface area contributed by atoms with Gasteiger partial charge in [0, 0.05) is 17.1 Å². The Balaban J connectivity index is 1.56. The van der Waals surface area contributed by atoms with E-state index >= 15 is 0 Å². The highest BCUT2D eigenvalue weighted by Gasteiger charge is 2.52. The Morgan fingerprint density at radius 1 is 1.07 bits per heavy atom. The lowest BCUT2D eigenvalue weighted by atomic mass is 9.90. The average molecular weight is 626 g/mol. The zero-order chi connectivity index (χ0) is 31.3. The van der Waals surface area contributed by atoms with Gasteiger partial charge in [0.2, 0.25) is 0 Å². The quantitative estimate of drug-likeness (QED) is 0.252. The van der Waals surface area contributed by atoms with Crippen LogP contribution in [-0.2, 0) is 28.5 Å². The van der Waals surface area contributed by atoms with E-state index in [2.05, 4.69) is 15.3 Å². The Morgan fingerprint density at radius 2 is 1.79 bits per heavy atom. The van der Waals surface area contributed by atoms with Crippen LogP contribution in [0.1, 0.15) is 36.6 Å². The van der Waals surface area contributed by atoms with Crippen LogP contribution < -0.4 is 5.32 Å². The Bertz CT molecular complexity index is 1640. The maximum atomic E-state index is 13.7. The van der Waals surface area contributed by atoms with Gasteiger partial charge in [0.05, 0.1) is 29.0 Å². The molecule has 43 heavy (non-hydrogen) atoms. The van der Waals surface area contributed by atoms with Gasteiger partial charge in [0.15, 0.2) is 0 Å². The lowest BCUT2D eigenvalue weighted by Gasteiger charge is -2.46. The van der Waals surface area contributed by atoms with Gasteiger partial charge < -0.3 is 10.4 Å². The van der Waals surface area contributed by atoms with E-state index in [1.807, 2.05) is 0 Å². The first-order valence-corrected chi connectivity index (χ1v) is 13.2. The summed E-state index contributed by atoms with van der Waals surface area (Å²) in [4.78, 5) is 34.2. The third-order valence-corrected chi connectivity index (χ3v) is 7.79. The molecule has 2 aliphatic rings. The molecule has 2 aliphatic heterocycles. The van der Waals surface area contributed by atoms with Gasteiger partial charge in [0.25, 0.3) is 11.8 Å². The fourth-order valence-electron chi connectivity index (χ4n) is 5.22. The van der Waals surface area contributed by atoms with Crippen LogP contribution in [-0.4, -0.2) is 49.0 Å². The molecule has 0 spiro atoms. The highest BCUT2D eigenvalue weighted by atomic mass is 35.5. The Morgan fingerprint density at radius 3 is 2.47 bits per heavy atom. The topological polar surface area (TPSA) is 98.7 Å². The number of nitrogens with zero attached hydrogens (tertiary/aromatic N) is 4. The molecule has 5 rings (SSSR count). The molecule has 3 aromatic rings. The number of aliphatic hydroxyl groups is 1. The van der Waals surface area contributed by atoms with Crippen molar-refractivity contribution in [3.05, 3.63) is 88.0 Å². The Hall–Kier alpha value is -4.17. The Labute approximate surface area is 245 Å². The van der Waals surface area contributed by atoms with Gasteiger partial charge in [0.1, 0.15) is 23.4 Å². The monoisotopic (exact) mass is 625 g/mol. The highest BCUT2D eigenvalue weighted by Crippen LogP contribution is 2.43. The summed E-state index contributed by atoms with van der Waals surface area (Å²) in [7, 11) is 0. The number of carbonyl (C=O) groups is 2. The number of aliphatic hydroxyl groups excluding tert-OH is 1. The minimum Gasteiger partial charge on any atom is -0.509 e. The van der Waals surface area contributed by atoms with Gasteiger partial charge in [-0.2, -0.15) is 26.3 Å². The van der Waals surface area contributed by atoms with Crippen molar-refractivity contribution in [2.24, 2.45) is 0 Å². The van der Waals surface area contributed by atoms with Gasteiger partial charge in [-0.25, -0.2) is 15.0 Å². The summed E-state index contributed by atoms with van der Waals surface area (Å²) in [5.74, 6) is -2.62. The van der Waals surface area contributed by atoms with Crippen LogP contribution in [0.5, 0.6) is 0 Å². The van der Waals surface area contributed by atoms with Crippen LogP contribution in [0.3, 0.4) is 0 Å². The molecule has 0 aliphatic carbocycles. The van der Waals surface area contributed by atoms with E-state index in [9.17, 15) is 41.0 Å². The lowest BCUT2D eigenvalue weighted by molar-refractivity contribution is -0.160. The number of carbonyl (C=O) groups excluding carboxylic acids is 2. The van der Waals surface area contributed by atoms with Gasteiger partial charge in [-0.05, 0) is 55.7 Å². The van der Waals surface area contributed by atoms with Crippen LogP contribution in [0, 0.1) is 0 Å². The molecule has 0 radical (unpaired) electrons. The SMILES string of the molecule is C[C@]12CCCN1N(Cc1ccccc1Cl)C(=O)C(C(=O)Nc1ccc(C(F)(F)F)cc1-c1cc(C(F)(F)F)ncn1)=C2O. The van der Waals surface area contributed by atoms with Gasteiger partial charge >= 0.3 is 12.4 Å². The number of fused-ring (bicyclic) bond motifs is 1. The first-order chi connectivity index (χ1) is 20.1. The molecular weight excluding hydrogens is 604 g/mol. The van der Waals surface area contributed by atoms with Crippen molar-refractivity contribution >= 4 is 29.1 Å². The van der Waals surface area contributed by atoms with E-state index in [4.69, 9.17) is 11.6 Å². The Kier molecular flexibility index (Phi) is 7.63. The summed E-state index contributed by atoms with van der Waals surface area (Å²) in [6.45, 7) is 1.96. The number of halogens is 7. The summed E-state index contributed by atoms with van der Waals surface area (Å²) in [6.07, 6.45) is -8.33. The fraction of sp³-hybridized carbons (Fsp3) is 0.286. The van der Waals surface area contributed by atoms with Crippen molar-refractivity contribution in [1.29, 1.82) is 0 Å². The molecule has 0 saturated carbocycles. The van der Waals surface area contributed by atoms with E-state index < -0.39 is 63.6 Å². The maximum absolute atomic E-state index is 13.7. The minimum atomic E-state index is -4.93. The van der Waals surface area contributed by atoms with Crippen molar-refractivity contribution in [1.82, 2.24) is 20.0 Å². The molecule has 8 nitrogen and oxygen atoms in total. The third-order valence-electron chi connectivity index (χ3n) is 7.42. The maximum Gasteiger partial charge on any atom is 0.433 e. The number of hydrogen-bond donors (Lipinski definition) is 2. The van der Waals surface area contributed by atoms with Crippen molar-refractivity contribution in [2.75, 3.05) is 11.9 Å². The van der Waals surface area contributed by atoms with Crippen LogP contribution in [0.25, 0.3) is 11.3 Å². The van der Waals surface area contributed by atoms with Gasteiger partial charge in [-0.15, -0.1) is 0 Å². The number of nitrogens with one attached hydrogen (secondary N) is 1. The average Bonchev–Trinajstić information content (AvgIpc) is 3.34. The number of hydrogen-bond acceptors (Lipinski definition) is 6. The normalized spacial score (nSPS) is 19.5. The second kappa shape index (κ2) is 10.8. The molecule has 0 bridgehead atoms. The van der Waals surface area contributed by atoms with Crippen molar-refractivity contribution in [3.8, 4) is 11.3 Å². The lowest BCUT2D eigenvalue weighted by Crippen LogP contribution is -2.60. The summed E-state index contributed by atoms with van der Waals surface area (Å²) in [5, 5.41) is 16.8. The second-order valence-electron chi connectivity index (χ2n) is 10.2. The summed E-state index contributed by atoms with van der Waals surface area (Å²) in [6, 6.07) is 9.14. The summed E-state index contributed by atoms with van der Waals surface area (Å²) in [5.41, 5.74) is -5.37. The van der Waals surface area contributed by atoms with E-state index in [-0.39, 0.29) is 12.2 Å². The molecule has 3 heterocycles. The van der Waals surface area contributed by atoms with Crippen LogP contribution in [0.15, 0.2) is 66.2 Å². The molecule has 15 heteroatoms. The standard InChI is InChI=1S/C28H22ClF6N5O3/c1-26-9-4-10-40(26)39(13-15-5-2-3-6-18(15)29)25(43)22(23(26)41)24(42)38-19-8-7-16(27(30,31)32)11-17(19)20-12-21(28(33,34)35)37-14-36-20/h2-3,5-8,11-12,14,41H,4,9-10,13H2,1H3,(H,38,42)/t26-/m1/s1. The third kappa shape index (κ3) is 5.64. The number of alkyl halides is 6. The minimum absolute atomic E-state index is 0.0508. The van der Waals surface area contributed by atoms with Gasteiger partial charge in [-0.1, -0.05) is 29.8 Å². The smallest absolute Gasteiger partial charge is 0.433 e. The van der Waals surface area contributed by atoms with Gasteiger partial charge in [-0.3, -0.25) is 14.6 Å². The summed E-state index contributed by atoms with van der Waals surface area (Å²) < 4.78 is 80.6. The summed E-state index contributed by atoms with van der Waals surface area (Å²) >= 11 is 6.31. The van der Waals surface area contributed by atoms with E-state index in [0.717, 1.165) is 6.07 Å². The van der Waals surface area contributed by atoms with Crippen molar-refractivity contribution < 1.29 is 41.0 Å². The molecule has 2 amide bonds. The number of anilines is 1. The molecule has 0 unspecified atom stereocenters. The van der Waals surface area contributed by atoms with E-state index in [1.54, 1.807) is 36.2 Å². The first-order valence-electron chi connectivity index (χ1n) is 12.8. The number of hydrazine groups is 1. The molecule has 1 atom stereocenters. The van der Waals surface area contributed by atoms with E-state index in [0.29, 0.717) is 54.5 Å². The van der Waals surface area contributed by atoms with Crippen molar-refractivity contribution in [2.45, 2.75) is 44.2 Å². The molecular formula is C28H22ClF6N5O3. The van der Waals surface area contributed by atoms with E-state index in [1.165, 1.54) is 5.01 Å². The number of benzene rings is 2. The molecule has 2 N–H and O–H groups in total. The zero-order valence-electron chi connectivity index (χ0n) is 22.2. The molecule has 226 valence electrons. The van der Waals surface area contributed by atoms with Crippen LogP contribution >= 0.6 is 11.6 Å². The van der Waals surface area contributed by atoms with Crippen molar-refractivity contribution in [3.63, 3.8) is 0 Å². The number of aromatic nitrogens is 2. The zero-order valence-corrected chi connectivity index (χ0v) is 23.0. The predicted octanol–water partition coefficient (Wildman–Crippen LogP) is 6.40. The second-order valence-corrected chi connectivity index (χ2v) is 10.6. The first kappa shape index (κ1) is 30.3. The molecule has 1 fully saturated rings. The highest BCUT2D eigenvalue weighted by molar-refractivity contribution is 6.31. The predicted molar refractivity (Wildman–Crippen MR) is 142 cm³/mol. The van der Waals surface area contributed by atoms with Crippen LogP contribution in [0.2, 0.25) is 5.02 Å². The fourth-order valence-corrected chi connectivity index (χ4v) is 5.42. The number of rotatable bonds is 5. The largest absolute Gasteiger partial charge is 0.509 e. The van der Waals surface area contributed by atoms with Crippen LogP contribution in [0.4, 0.5) is 32.0 Å². The molecule has 1 aromatic heterocycles. The molecule has 1 saturated heterocycles. The molecule has 2 aromatic carbocycles. The number of amides is 2.